The van der Waals surface area contributed by atoms with Crippen molar-refractivity contribution in [2.75, 3.05) is 0 Å². The molecular weight excluding hydrogens is 210 g/mol. The van der Waals surface area contributed by atoms with E-state index in [1.165, 1.54) is 38.5 Å². The van der Waals surface area contributed by atoms with Gasteiger partial charge in [0.1, 0.15) is 11.5 Å². The molecule has 1 atom stereocenters. The monoisotopic (exact) mass is 235 g/mol. The average molecular weight is 235 g/mol. The lowest BCUT2D eigenvalue weighted by molar-refractivity contribution is 0.351. The van der Waals surface area contributed by atoms with Gasteiger partial charge >= 0.3 is 0 Å². The Hall–Kier alpha value is -0.760. The topological polar surface area (TPSA) is 39.2 Å². The molecule has 0 aromatic carbocycles. The van der Waals surface area contributed by atoms with E-state index >= 15 is 0 Å². The Labute approximate surface area is 105 Å². The van der Waals surface area contributed by atoms with E-state index in [0.29, 0.717) is 0 Å². The van der Waals surface area contributed by atoms with Gasteiger partial charge in [-0.2, -0.15) is 0 Å². The van der Waals surface area contributed by atoms with Crippen LogP contribution in [0.5, 0.6) is 0 Å². The van der Waals surface area contributed by atoms with Gasteiger partial charge in [-0.25, -0.2) is 0 Å². The minimum absolute atomic E-state index is 0.0957. The standard InChI is InChI=1S/C15H25NO/c1-2-13-9-10-15(17-13)14(16)11-12-7-5-3-4-6-8-12/h9-10,12,14H,2-8,11,16H2,1H3. The summed E-state index contributed by atoms with van der Waals surface area (Å²) in [7, 11) is 0. The largest absolute Gasteiger partial charge is 0.464 e. The first-order valence-corrected chi connectivity index (χ1v) is 7.13. The third kappa shape index (κ3) is 3.60. The molecule has 0 bridgehead atoms. The summed E-state index contributed by atoms with van der Waals surface area (Å²) in [5, 5.41) is 0. The molecule has 1 aliphatic rings. The van der Waals surface area contributed by atoms with E-state index in [2.05, 4.69) is 19.1 Å². The van der Waals surface area contributed by atoms with Crippen LogP contribution in [-0.2, 0) is 6.42 Å². The minimum atomic E-state index is 0.0957. The zero-order valence-corrected chi connectivity index (χ0v) is 11.0. The first-order chi connectivity index (χ1) is 8.29. The van der Waals surface area contributed by atoms with Gasteiger partial charge in [0.15, 0.2) is 0 Å². The second-order valence-corrected chi connectivity index (χ2v) is 5.36. The van der Waals surface area contributed by atoms with E-state index in [0.717, 1.165) is 30.3 Å². The van der Waals surface area contributed by atoms with E-state index in [1.54, 1.807) is 0 Å². The van der Waals surface area contributed by atoms with E-state index in [-0.39, 0.29) is 6.04 Å². The summed E-state index contributed by atoms with van der Waals surface area (Å²) in [4.78, 5) is 0. The van der Waals surface area contributed by atoms with Gasteiger partial charge in [-0.3, -0.25) is 0 Å². The van der Waals surface area contributed by atoms with Crippen LogP contribution in [0.2, 0.25) is 0 Å². The van der Waals surface area contributed by atoms with E-state index in [4.69, 9.17) is 10.2 Å². The van der Waals surface area contributed by atoms with Gasteiger partial charge in [0.05, 0.1) is 6.04 Å². The lowest BCUT2D eigenvalue weighted by Crippen LogP contribution is -2.14. The number of hydrogen-bond donors (Lipinski definition) is 1. The van der Waals surface area contributed by atoms with Crippen molar-refractivity contribution in [3.63, 3.8) is 0 Å². The second-order valence-electron chi connectivity index (χ2n) is 5.36. The molecule has 1 aromatic rings. The molecular formula is C15H25NO. The Kier molecular flexibility index (Phi) is 4.66. The fourth-order valence-electron chi connectivity index (χ4n) is 2.86. The Morgan fingerprint density at radius 1 is 1.24 bits per heavy atom. The third-order valence-electron chi connectivity index (χ3n) is 3.96. The molecule has 2 rings (SSSR count). The maximum Gasteiger partial charge on any atom is 0.120 e. The maximum absolute atomic E-state index is 6.25. The van der Waals surface area contributed by atoms with Crippen LogP contribution in [0, 0.1) is 5.92 Å². The Morgan fingerprint density at radius 2 is 1.94 bits per heavy atom. The second kappa shape index (κ2) is 6.25. The van der Waals surface area contributed by atoms with Crippen molar-refractivity contribution in [2.45, 2.75) is 64.3 Å². The van der Waals surface area contributed by atoms with Crippen LogP contribution in [0.15, 0.2) is 16.5 Å². The van der Waals surface area contributed by atoms with Crippen molar-refractivity contribution < 1.29 is 4.42 Å². The predicted molar refractivity (Wildman–Crippen MR) is 70.8 cm³/mol. The summed E-state index contributed by atoms with van der Waals surface area (Å²) in [6, 6.07) is 4.21. The Bertz CT molecular complexity index is 323. The van der Waals surface area contributed by atoms with Gasteiger partial charge in [-0.15, -0.1) is 0 Å². The van der Waals surface area contributed by atoms with Crippen molar-refractivity contribution in [1.82, 2.24) is 0 Å². The molecule has 0 radical (unpaired) electrons. The summed E-state index contributed by atoms with van der Waals surface area (Å²) >= 11 is 0. The van der Waals surface area contributed by atoms with Crippen molar-refractivity contribution in [3.05, 3.63) is 23.7 Å². The highest BCUT2D eigenvalue weighted by atomic mass is 16.3. The molecule has 1 heterocycles. The number of nitrogens with two attached hydrogens (primary N) is 1. The van der Waals surface area contributed by atoms with Gasteiger partial charge in [0.2, 0.25) is 0 Å². The highest BCUT2D eigenvalue weighted by Gasteiger charge is 2.18. The molecule has 2 N–H and O–H groups in total. The zero-order valence-electron chi connectivity index (χ0n) is 11.0. The highest BCUT2D eigenvalue weighted by Crippen LogP contribution is 2.30. The van der Waals surface area contributed by atoms with Crippen LogP contribution in [0.25, 0.3) is 0 Å². The fourth-order valence-corrected chi connectivity index (χ4v) is 2.86. The van der Waals surface area contributed by atoms with Crippen LogP contribution in [0.3, 0.4) is 0 Å². The minimum Gasteiger partial charge on any atom is -0.464 e. The maximum atomic E-state index is 6.25. The van der Waals surface area contributed by atoms with Crippen molar-refractivity contribution in [1.29, 1.82) is 0 Å². The SMILES string of the molecule is CCc1ccc(C(N)CC2CCCCCC2)o1. The molecule has 2 heteroatoms. The van der Waals surface area contributed by atoms with Gasteiger partial charge < -0.3 is 10.2 Å². The molecule has 0 amide bonds. The summed E-state index contributed by atoms with van der Waals surface area (Å²) in [6.45, 7) is 2.11. The van der Waals surface area contributed by atoms with Crippen LogP contribution in [0.1, 0.15) is 69.4 Å². The molecule has 0 spiro atoms. The van der Waals surface area contributed by atoms with Crippen molar-refractivity contribution in [3.8, 4) is 0 Å². The molecule has 1 aliphatic carbocycles. The fraction of sp³-hybridized carbons (Fsp3) is 0.733. The molecule has 1 saturated carbocycles. The number of rotatable bonds is 4. The van der Waals surface area contributed by atoms with Crippen molar-refractivity contribution in [2.24, 2.45) is 11.7 Å². The molecule has 1 unspecified atom stereocenters. The summed E-state index contributed by atoms with van der Waals surface area (Å²) in [5.41, 5.74) is 6.25. The quantitative estimate of drug-likeness (QED) is 0.794. The van der Waals surface area contributed by atoms with Crippen LogP contribution in [0.4, 0.5) is 0 Å². The number of aryl methyl sites for hydroxylation is 1. The number of hydrogen-bond acceptors (Lipinski definition) is 2. The molecule has 1 fully saturated rings. The smallest absolute Gasteiger partial charge is 0.120 e. The Morgan fingerprint density at radius 3 is 2.53 bits per heavy atom. The zero-order chi connectivity index (χ0) is 12.1. The van der Waals surface area contributed by atoms with E-state index < -0.39 is 0 Å². The third-order valence-corrected chi connectivity index (χ3v) is 3.96. The first-order valence-electron chi connectivity index (χ1n) is 7.13. The van der Waals surface area contributed by atoms with Gasteiger partial charge in [-0.05, 0) is 24.5 Å². The van der Waals surface area contributed by atoms with Crippen molar-refractivity contribution >= 4 is 0 Å². The lowest BCUT2D eigenvalue weighted by atomic mass is 9.92. The summed E-state index contributed by atoms with van der Waals surface area (Å²) in [6.07, 6.45) is 10.3. The van der Waals surface area contributed by atoms with Crippen LogP contribution >= 0.6 is 0 Å². The normalized spacial score (nSPS) is 20.1. The van der Waals surface area contributed by atoms with Gasteiger partial charge in [0, 0.05) is 6.42 Å². The average Bonchev–Trinajstić information content (AvgIpc) is 2.68. The predicted octanol–water partition coefficient (Wildman–Crippen LogP) is 4.20. The molecule has 2 nitrogen and oxygen atoms in total. The molecule has 1 aromatic heterocycles. The summed E-state index contributed by atoms with van der Waals surface area (Å²) < 4.78 is 5.74. The Balaban J connectivity index is 1.88. The molecule has 96 valence electrons. The molecule has 0 saturated heterocycles. The highest BCUT2D eigenvalue weighted by molar-refractivity contribution is 5.10. The van der Waals surface area contributed by atoms with Gasteiger partial charge in [0.25, 0.3) is 0 Å². The van der Waals surface area contributed by atoms with Crippen LogP contribution < -0.4 is 5.73 Å². The first kappa shape index (κ1) is 12.7. The number of furan rings is 1. The molecule has 17 heavy (non-hydrogen) atoms. The molecule has 0 aliphatic heterocycles. The van der Waals surface area contributed by atoms with E-state index in [1.807, 2.05) is 0 Å². The van der Waals surface area contributed by atoms with E-state index in [9.17, 15) is 0 Å². The summed E-state index contributed by atoms with van der Waals surface area (Å²) in [5.74, 6) is 2.84. The lowest BCUT2D eigenvalue weighted by Gasteiger charge is -2.17. The van der Waals surface area contributed by atoms with Gasteiger partial charge in [-0.1, -0.05) is 45.4 Å². The van der Waals surface area contributed by atoms with Crippen LogP contribution in [-0.4, -0.2) is 0 Å².